The van der Waals surface area contributed by atoms with Crippen LogP contribution in [0.3, 0.4) is 0 Å². The van der Waals surface area contributed by atoms with Gasteiger partial charge in [-0.25, -0.2) is 9.78 Å². The van der Waals surface area contributed by atoms with Gasteiger partial charge in [-0.1, -0.05) is 6.07 Å². The van der Waals surface area contributed by atoms with Gasteiger partial charge in [-0.15, -0.1) is 0 Å². The van der Waals surface area contributed by atoms with E-state index in [4.69, 9.17) is 4.74 Å². The maximum Gasteiger partial charge on any atom is 0.341 e. The smallest absolute Gasteiger partial charge is 0.341 e. The van der Waals surface area contributed by atoms with Gasteiger partial charge in [-0.2, -0.15) is 5.10 Å². The molecule has 0 radical (unpaired) electrons. The molecule has 0 aliphatic carbocycles. The highest BCUT2D eigenvalue weighted by atomic mass is 16.5. The first kappa shape index (κ1) is 13.6. The van der Waals surface area contributed by atoms with Gasteiger partial charge in [0.15, 0.2) is 0 Å². The number of pyridine rings is 1. The van der Waals surface area contributed by atoms with Crippen molar-refractivity contribution in [1.82, 2.24) is 14.8 Å². The minimum Gasteiger partial charge on any atom is -0.462 e. The third-order valence-electron chi connectivity index (χ3n) is 3.48. The number of carbonyl (C=O) groups excluding carboxylic acids is 1. The number of rotatable bonds is 5. The van der Waals surface area contributed by atoms with Gasteiger partial charge >= 0.3 is 5.97 Å². The van der Waals surface area contributed by atoms with Gasteiger partial charge in [-0.3, -0.25) is 4.68 Å². The summed E-state index contributed by atoms with van der Waals surface area (Å²) in [6, 6.07) is 4.08. The Balaban J connectivity index is 1.64. The lowest BCUT2D eigenvalue weighted by molar-refractivity contribution is 0.0526. The van der Waals surface area contributed by atoms with E-state index in [1.54, 1.807) is 17.8 Å². The van der Waals surface area contributed by atoms with Gasteiger partial charge in [0.2, 0.25) is 0 Å². The van der Waals surface area contributed by atoms with E-state index in [1.807, 2.05) is 18.3 Å². The monoisotopic (exact) mass is 286 g/mol. The molecule has 1 fully saturated rings. The van der Waals surface area contributed by atoms with E-state index in [2.05, 4.69) is 15.0 Å². The first-order valence-electron chi connectivity index (χ1n) is 7.15. The Hall–Kier alpha value is -2.37. The Labute approximate surface area is 123 Å². The molecule has 110 valence electrons. The van der Waals surface area contributed by atoms with Crippen LogP contribution in [0.2, 0.25) is 0 Å². The van der Waals surface area contributed by atoms with Crippen molar-refractivity contribution in [2.75, 3.05) is 24.6 Å². The van der Waals surface area contributed by atoms with Crippen molar-refractivity contribution >= 4 is 11.8 Å². The maximum absolute atomic E-state index is 11.6. The number of ether oxygens (including phenoxy) is 1. The molecular weight excluding hydrogens is 268 g/mol. The number of carbonyl (C=O) groups is 1. The van der Waals surface area contributed by atoms with Gasteiger partial charge in [0.05, 0.1) is 24.9 Å². The molecule has 0 aromatic carbocycles. The average molecular weight is 286 g/mol. The third kappa shape index (κ3) is 3.04. The van der Waals surface area contributed by atoms with Gasteiger partial charge in [0, 0.05) is 25.5 Å². The molecule has 0 atom stereocenters. The molecule has 0 unspecified atom stereocenters. The Bertz CT molecular complexity index is 617. The first-order valence-corrected chi connectivity index (χ1v) is 7.15. The Morgan fingerprint density at radius 3 is 2.81 bits per heavy atom. The summed E-state index contributed by atoms with van der Waals surface area (Å²) in [4.78, 5) is 18.3. The van der Waals surface area contributed by atoms with Crippen molar-refractivity contribution in [3.8, 4) is 0 Å². The van der Waals surface area contributed by atoms with Gasteiger partial charge in [0.1, 0.15) is 5.82 Å². The molecule has 3 rings (SSSR count). The van der Waals surface area contributed by atoms with Gasteiger partial charge in [0.25, 0.3) is 0 Å². The first-order chi connectivity index (χ1) is 10.3. The number of hydrogen-bond acceptors (Lipinski definition) is 5. The largest absolute Gasteiger partial charge is 0.462 e. The van der Waals surface area contributed by atoms with E-state index < -0.39 is 0 Å². The average Bonchev–Trinajstić information content (AvgIpc) is 2.88. The van der Waals surface area contributed by atoms with Crippen molar-refractivity contribution in [3.63, 3.8) is 0 Å². The predicted molar refractivity (Wildman–Crippen MR) is 78.4 cm³/mol. The number of anilines is 1. The van der Waals surface area contributed by atoms with E-state index >= 15 is 0 Å². The molecule has 6 heteroatoms. The van der Waals surface area contributed by atoms with E-state index in [0.29, 0.717) is 18.7 Å². The number of esters is 1. The second-order valence-corrected chi connectivity index (χ2v) is 5.01. The number of nitrogens with zero attached hydrogens (tertiary/aromatic N) is 4. The van der Waals surface area contributed by atoms with Crippen LogP contribution in [-0.2, 0) is 11.3 Å². The van der Waals surface area contributed by atoms with Crippen LogP contribution in [-0.4, -0.2) is 40.4 Å². The van der Waals surface area contributed by atoms with Crippen molar-refractivity contribution < 1.29 is 9.53 Å². The maximum atomic E-state index is 11.6. The summed E-state index contributed by atoms with van der Waals surface area (Å²) in [5.74, 6) is 0.688. The van der Waals surface area contributed by atoms with E-state index in [1.165, 1.54) is 12.6 Å². The SMILES string of the molecule is CCOC(=O)c1cnn(Cc2ccc(N3CCC3)nc2)c1. The quantitative estimate of drug-likeness (QED) is 0.783. The molecule has 3 heterocycles. The number of hydrogen-bond donors (Lipinski definition) is 0. The summed E-state index contributed by atoms with van der Waals surface area (Å²) in [5.41, 5.74) is 1.53. The predicted octanol–water partition coefficient (Wildman–Crippen LogP) is 1.71. The van der Waals surface area contributed by atoms with E-state index in [9.17, 15) is 4.79 Å². The fourth-order valence-electron chi connectivity index (χ4n) is 2.20. The Morgan fingerprint density at radius 1 is 1.33 bits per heavy atom. The molecule has 1 aliphatic rings. The van der Waals surface area contributed by atoms with Gasteiger partial charge in [-0.05, 0) is 25.0 Å². The van der Waals surface area contributed by atoms with Crippen LogP contribution in [0, 0.1) is 0 Å². The molecule has 2 aromatic rings. The van der Waals surface area contributed by atoms with E-state index in [0.717, 1.165) is 24.5 Å². The lowest BCUT2D eigenvalue weighted by atomic mass is 10.2. The molecule has 1 saturated heterocycles. The lowest BCUT2D eigenvalue weighted by Crippen LogP contribution is -2.37. The second kappa shape index (κ2) is 5.95. The highest BCUT2D eigenvalue weighted by Crippen LogP contribution is 2.17. The van der Waals surface area contributed by atoms with Crippen molar-refractivity contribution in [2.24, 2.45) is 0 Å². The molecule has 0 bridgehead atoms. The summed E-state index contributed by atoms with van der Waals surface area (Å²) in [7, 11) is 0. The van der Waals surface area contributed by atoms with Crippen molar-refractivity contribution in [1.29, 1.82) is 0 Å². The molecule has 0 N–H and O–H groups in total. The molecule has 2 aromatic heterocycles. The third-order valence-corrected chi connectivity index (χ3v) is 3.48. The topological polar surface area (TPSA) is 60.2 Å². The fourth-order valence-corrected chi connectivity index (χ4v) is 2.20. The van der Waals surface area contributed by atoms with Crippen molar-refractivity contribution in [2.45, 2.75) is 19.9 Å². The number of aromatic nitrogens is 3. The zero-order valence-electron chi connectivity index (χ0n) is 12.0. The van der Waals surface area contributed by atoms with E-state index in [-0.39, 0.29) is 5.97 Å². The molecule has 1 aliphatic heterocycles. The minimum atomic E-state index is -0.338. The van der Waals surface area contributed by atoms with Crippen LogP contribution in [0.5, 0.6) is 0 Å². The lowest BCUT2D eigenvalue weighted by Gasteiger charge is -2.31. The highest BCUT2D eigenvalue weighted by molar-refractivity contribution is 5.88. The fraction of sp³-hybridized carbons (Fsp3) is 0.400. The molecular formula is C15H18N4O2. The molecule has 0 amide bonds. The molecule has 0 saturated carbocycles. The minimum absolute atomic E-state index is 0.338. The summed E-state index contributed by atoms with van der Waals surface area (Å²) >= 11 is 0. The Kier molecular flexibility index (Phi) is 3.85. The van der Waals surface area contributed by atoms with Crippen LogP contribution < -0.4 is 4.90 Å². The summed E-state index contributed by atoms with van der Waals surface area (Å²) in [6.45, 7) is 4.93. The van der Waals surface area contributed by atoms with Gasteiger partial charge < -0.3 is 9.64 Å². The molecule has 6 nitrogen and oxygen atoms in total. The van der Waals surface area contributed by atoms with Crippen LogP contribution >= 0.6 is 0 Å². The Morgan fingerprint density at radius 2 is 2.19 bits per heavy atom. The van der Waals surface area contributed by atoms with Crippen LogP contribution in [0.4, 0.5) is 5.82 Å². The standard InChI is InChI=1S/C15H18N4O2/c1-2-21-15(20)13-9-17-19(11-13)10-12-4-5-14(16-8-12)18-6-3-7-18/h4-5,8-9,11H,2-3,6-7,10H2,1H3. The summed E-state index contributed by atoms with van der Waals surface area (Å²) in [6.07, 6.45) is 6.33. The summed E-state index contributed by atoms with van der Waals surface area (Å²) < 4.78 is 6.66. The van der Waals surface area contributed by atoms with Crippen LogP contribution in [0.1, 0.15) is 29.3 Å². The highest BCUT2D eigenvalue weighted by Gasteiger charge is 2.15. The molecule has 0 spiro atoms. The van der Waals surface area contributed by atoms with Crippen LogP contribution in [0.25, 0.3) is 0 Å². The zero-order chi connectivity index (χ0) is 14.7. The normalized spacial score (nSPS) is 13.9. The van der Waals surface area contributed by atoms with Crippen LogP contribution in [0.15, 0.2) is 30.7 Å². The second-order valence-electron chi connectivity index (χ2n) is 5.01. The summed E-state index contributed by atoms with van der Waals surface area (Å²) in [5, 5.41) is 4.18. The molecule has 21 heavy (non-hydrogen) atoms. The van der Waals surface area contributed by atoms with Crippen molar-refractivity contribution in [3.05, 3.63) is 41.9 Å². The zero-order valence-corrected chi connectivity index (χ0v) is 12.0.